The number of imide groups is 1. The summed E-state index contributed by atoms with van der Waals surface area (Å²) in [6.07, 6.45) is 3.00. The molecule has 1 heterocycles. The first-order valence-electron chi connectivity index (χ1n) is 10.3. The highest BCUT2D eigenvalue weighted by atomic mass is 16.5. The number of ether oxygens (including phenoxy) is 1. The molecule has 3 aliphatic rings. The monoisotopic (exact) mass is 403 g/mol. The third-order valence-corrected chi connectivity index (χ3v) is 6.74. The first-order chi connectivity index (χ1) is 14.5. The number of esters is 1. The molecular formula is C24H21NO5. The molecule has 2 amide bonds. The second-order valence-electron chi connectivity index (χ2n) is 8.39. The number of nitrogens with zero attached hydrogens (tertiary/aromatic N) is 1. The molecule has 2 bridgehead atoms. The molecule has 2 aromatic carbocycles. The Labute approximate surface area is 173 Å². The Morgan fingerprint density at radius 3 is 2.27 bits per heavy atom. The summed E-state index contributed by atoms with van der Waals surface area (Å²) in [5, 5.41) is 0. The number of rotatable bonds is 4. The summed E-state index contributed by atoms with van der Waals surface area (Å²) in [7, 11) is 0. The molecule has 6 nitrogen and oxygen atoms in total. The number of hydrogen-bond donors (Lipinski definition) is 0. The van der Waals surface area contributed by atoms with Crippen LogP contribution in [0.5, 0.6) is 5.75 Å². The number of hydrogen-bond acceptors (Lipinski definition) is 5. The quantitative estimate of drug-likeness (QED) is 0.337. The van der Waals surface area contributed by atoms with Crippen LogP contribution < -0.4 is 9.64 Å². The second kappa shape index (κ2) is 6.90. The first-order valence-corrected chi connectivity index (χ1v) is 10.3. The van der Waals surface area contributed by atoms with Gasteiger partial charge in [-0.1, -0.05) is 18.2 Å². The van der Waals surface area contributed by atoms with E-state index in [2.05, 4.69) is 0 Å². The van der Waals surface area contributed by atoms with E-state index in [-0.39, 0.29) is 40.7 Å². The Hall–Kier alpha value is -3.28. The van der Waals surface area contributed by atoms with Gasteiger partial charge in [0.1, 0.15) is 5.75 Å². The van der Waals surface area contributed by atoms with Crippen molar-refractivity contribution in [2.75, 3.05) is 4.90 Å². The molecule has 5 rings (SSSR count). The van der Waals surface area contributed by atoms with Gasteiger partial charge >= 0.3 is 5.97 Å². The van der Waals surface area contributed by atoms with Crippen LogP contribution in [0.3, 0.4) is 0 Å². The van der Waals surface area contributed by atoms with Crippen molar-refractivity contribution in [1.82, 2.24) is 0 Å². The standard InChI is InChI=1S/C24H21NO5/c1-13(26)18-7-2-3-8-19(18)30-24(29)16-5-4-6-17(12-16)25-22(27)20-14-9-10-15(11-14)21(20)23(25)28/h2-8,12,14-15,20-21H,9-11H2,1H3/t14-,15+,20+,21-. The number of para-hydroxylation sites is 1. The minimum Gasteiger partial charge on any atom is -0.422 e. The molecule has 152 valence electrons. The van der Waals surface area contributed by atoms with Gasteiger partial charge in [-0.2, -0.15) is 0 Å². The number of carbonyl (C=O) groups excluding carboxylic acids is 4. The van der Waals surface area contributed by atoms with E-state index in [1.807, 2.05) is 0 Å². The fraction of sp³-hybridized carbons (Fsp3) is 0.333. The van der Waals surface area contributed by atoms with Crippen LogP contribution in [-0.2, 0) is 9.59 Å². The highest BCUT2D eigenvalue weighted by molar-refractivity contribution is 6.22. The first kappa shape index (κ1) is 18.7. The summed E-state index contributed by atoms with van der Waals surface area (Å²) in [5.41, 5.74) is 0.926. The molecule has 0 spiro atoms. The molecule has 6 heteroatoms. The summed E-state index contributed by atoms with van der Waals surface area (Å²) in [4.78, 5) is 51.8. The normalized spacial score (nSPS) is 26.8. The summed E-state index contributed by atoms with van der Waals surface area (Å²) in [6, 6.07) is 12.9. The van der Waals surface area contributed by atoms with Crippen LogP contribution in [0.4, 0.5) is 5.69 Å². The summed E-state index contributed by atoms with van der Waals surface area (Å²) in [6.45, 7) is 1.40. The molecule has 30 heavy (non-hydrogen) atoms. The average molecular weight is 403 g/mol. The number of fused-ring (bicyclic) bond motifs is 5. The molecule has 0 N–H and O–H groups in total. The van der Waals surface area contributed by atoms with Gasteiger partial charge in [0, 0.05) is 0 Å². The van der Waals surface area contributed by atoms with Crippen molar-refractivity contribution in [2.24, 2.45) is 23.7 Å². The number of benzene rings is 2. The van der Waals surface area contributed by atoms with Crippen LogP contribution in [0.15, 0.2) is 48.5 Å². The predicted octanol–water partition coefficient (Wildman–Crippen LogP) is 3.64. The average Bonchev–Trinajstić information content (AvgIpc) is 3.42. The maximum Gasteiger partial charge on any atom is 0.343 e. The maximum absolute atomic E-state index is 13.0. The lowest BCUT2D eigenvalue weighted by atomic mass is 9.81. The molecule has 1 aliphatic heterocycles. The van der Waals surface area contributed by atoms with E-state index in [1.54, 1.807) is 42.5 Å². The van der Waals surface area contributed by atoms with Crippen LogP contribution in [0, 0.1) is 23.7 Å². The third-order valence-electron chi connectivity index (χ3n) is 6.74. The SMILES string of the molecule is CC(=O)c1ccccc1OC(=O)c1cccc(N2C(=O)[C@@H]3[C@H]4CC[C@H](C4)[C@@H]3C2=O)c1. The number of Topliss-reactive ketones (excluding diaryl/α,β-unsaturated/α-hetero) is 1. The van der Waals surface area contributed by atoms with Crippen molar-refractivity contribution in [2.45, 2.75) is 26.2 Å². The predicted molar refractivity (Wildman–Crippen MR) is 108 cm³/mol. The molecule has 0 aromatic heterocycles. The zero-order valence-corrected chi connectivity index (χ0v) is 16.5. The van der Waals surface area contributed by atoms with Crippen molar-refractivity contribution in [1.29, 1.82) is 0 Å². The van der Waals surface area contributed by atoms with E-state index in [0.29, 0.717) is 23.1 Å². The van der Waals surface area contributed by atoms with E-state index in [4.69, 9.17) is 4.74 Å². The van der Waals surface area contributed by atoms with E-state index in [9.17, 15) is 19.2 Å². The van der Waals surface area contributed by atoms with Gasteiger partial charge in [-0.05, 0) is 68.4 Å². The van der Waals surface area contributed by atoms with Gasteiger partial charge in [0.25, 0.3) is 0 Å². The summed E-state index contributed by atoms with van der Waals surface area (Å²) < 4.78 is 5.43. The van der Waals surface area contributed by atoms with Crippen LogP contribution >= 0.6 is 0 Å². The zero-order chi connectivity index (χ0) is 21.0. The molecule has 2 aliphatic carbocycles. The Kier molecular flexibility index (Phi) is 4.31. The van der Waals surface area contributed by atoms with Crippen molar-refractivity contribution in [3.8, 4) is 5.75 Å². The number of ketones is 1. The van der Waals surface area contributed by atoms with Crippen molar-refractivity contribution in [3.63, 3.8) is 0 Å². The smallest absolute Gasteiger partial charge is 0.343 e. The largest absolute Gasteiger partial charge is 0.422 e. The minimum atomic E-state index is -0.648. The fourth-order valence-corrected chi connectivity index (χ4v) is 5.44. The van der Waals surface area contributed by atoms with Crippen molar-refractivity contribution < 1.29 is 23.9 Å². The van der Waals surface area contributed by atoms with Crippen molar-refractivity contribution in [3.05, 3.63) is 59.7 Å². The van der Waals surface area contributed by atoms with Crippen LogP contribution in [-0.4, -0.2) is 23.6 Å². The molecule has 1 saturated heterocycles. The summed E-state index contributed by atoms with van der Waals surface area (Å²) in [5.74, 6) is -0.792. The Morgan fingerprint density at radius 2 is 1.60 bits per heavy atom. The van der Waals surface area contributed by atoms with Gasteiger partial charge in [0.2, 0.25) is 11.8 Å². The second-order valence-corrected chi connectivity index (χ2v) is 8.39. The lowest BCUT2D eigenvalue weighted by Crippen LogP contribution is -2.32. The maximum atomic E-state index is 13.0. The van der Waals surface area contributed by atoms with Gasteiger partial charge in [0.05, 0.1) is 28.7 Å². The molecule has 2 aromatic rings. The van der Waals surface area contributed by atoms with E-state index < -0.39 is 5.97 Å². The molecule has 4 atom stereocenters. The molecule has 3 fully saturated rings. The van der Waals surface area contributed by atoms with Crippen molar-refractivity contribution >= 4 is 29.3 Å². The van der Waals surface area contributed by atoms with Gasteiger partial charge < -0.3 is 4.74 Å². The lowest BCUT2D eigenvalue weighted by molar-refractivity contribution is -0.123. The summed E-state index contributed by atoms with van der Waals surface area (Å²) >= 11 is 0. The van der Waals surface area contributed by atoms with E-state index in [1.165, 1.54) is 17.9 Å². The topological polar surface area (TPSA) is 80.8 Å². The Balaban J connectivity index is 1.41. The molecule has 2 saturated carbocycles. The van der Waals surface area contributed by atoms with Gasteiger partial charge in [-0.15, -0.1) is 0 Å². The zero-order valence-electron chi connectivity index (χ0n) is 16.5. The molecule has 0 unspecified atom stereocenters. The fourth-order valence-electron chi connectivity index (χ4n) is 5.44. The van der Waals surface area contributed by atoms with Crippen LogP contribution in [0.1, 0.15) is 46.9 Å². The number of carbonyl (C=O) groups is 4. The molecular weight excluding hydrogens is 382 g/mol. The van der Waals surface area contributed by atoms with Gasteiger partial charge in [-0.3, -0.25) is 19.3 Å². The third kappa shape index (κ3) is 2.78. The van der Waals surface area contributed by atoms with E-state index in [0.717, 1.165) is 19.3 Å². The number of anilines is 1. The van der Waals surface area contributed by atoms with Crippen LogP contribution in [0.25, 0.3) is 0 Å². The minimum absolute atomic E-state index is 0.148. The van der Waals surface area contributed by atoms with Gasteiger partial charge in [-0.25, -0.2) is 4.79 Å². The molecule has 0 radical (unpaired) electrons. The highest BCUT2D eigenvalue weighted by Crippen LogP contribution is 2.56. The lowest BCUT2D eigenvalue weighted by Gasteiger charge is -2.19. The highest BCUT2D eigenvalue weighted by Gasteiger charge is 2.61. The Bertz CT molecular complexity index is 1060. The Morgan fingerprint density at radius 1 is 0.933 bits per heavy atom. The van der Waals surface area contributed by atoms with Gasteiger partial charge in [0.15, 0.2) is 5.78 Å². The number of amides is 2. The van der Waals surface area contributed by atoms with Crippen LogP contribution in [0.2, 0.25) is 0 Å². The van der Waals surface area contributed by atoms with E-state index >= 15 is 0 Å².